The zero-order valence-corrected chi connectivity index (χ0v) is 19.4. The summed E-state index contributed by atoms with van der Waals surface area (Å²) >= 11 is 0. The first kappa shape index (κ1) is 23.2. The molecule has 0 fully saturated rings. The third-order valence-electron chi connectivity index (χ3n) is 5.08. The summed E-state index contributed by atoms with van der Waals surface area (Å²) in [6, 6.07) is 9.80. The molecule has 0 bridgehead atoms. The molecule has 0 atom stereocenters. The Labute approximate surface area is 183 Å². The van der Waals surface area contributed by atoms with E-state index >= 15 is 0 Å². The van der Waals surface area contributed by atoms with Gasteiger partial charge in [0, 0.05) is 31.4 Å². The fourth-order valence-corrected chi connectivity index (χ4v) is 6.42. The van der Waals surface area contributed by atoms with Gasteiger partial charge in [-0.25, -0.2) is 16.8 Å². The minimum atomic E-state index is -3.86. The second kappa shape index (κ2) is 8.97. The SMILES string of the molecule is CCCS(=O)(=O)N1CCc2ccc(NS(=O)(=O)c3ccc(NC(C)=O)cc3C)cc2C1. The summed E-state index contributed by atoms with van der Waals surface area (Å²) in [4.78, 5) is 11.3. The van der Waals surface area contributed by atoms with Crippen LogP contribution in [0.1, 0.15) is 37.0 Å². The highest BCUT2D eigenvalue weighted by Crippen LogP contribution is 2.27. The van der Waals surface area contributed by atoms with Gasteiger partial charge in [-0.1, -0.05) is 13.0 Å². The number of benzene rings is 2. The van der Waals surface area contributed by atoms with Gasteiger partial charge in [0.15, 0.2) is 0 Å². The zero-order chi connectivity index (χ0) is 22.8. The van der Waals surface area contributed by atoms with Crippen molar-refractivity contribution in [1.29, 1.82) is 0 Å². The van der Waals surface area contributed by atoms with Crippen LogP contribution in [0.2, 0.25) is 0 Å². The van der Waals surface area contributed by atoms with Crippen LogP contribution in [0, 0.1) is 6.92 Å². The second-order valence-corrected chi connectivity index (χ2v) is 11.4. The Hall–Kier alpha value is -2.43. The van der Waals surface area contributed by atoms with E-state index in [1.165, 1.54) is 23.4 Å². The molecule has 3 rings (SSSR count). The highest BCUT2D eigenvalue weighted by Gasteiger charge is 2.26. The monoisotopic (exact) mass is 465 g/mol. The van der Waals surface area contributed by atoms with Crippen LogP contribution in [0.4, 0.5) is 11.4 Å². The summed E-state index contributed by atoms with van der Waals surface area (Å²) in [6.45, 7) is 5.53. The predicted octanol–water partition coefficient (Wildman–Crippen LogP) is 2.85. The number of anilines is 2. The largest absolute Gasteiger partial charge is 0.326 e. The number of nitrogens with zero attached hydrogens (tertiary/aromatic N) is 1. The molecule has 0 saturated carbocycles. The van der Waals surface area contributed by atoms with Crippen LogP contribution < -0.4 is 10.0 Å². The molecule has 10 heteroatoms. The number of rotatable bonds is 7. The number of hydrogen-bond acceptors (Lipinski definition) is 5. The van der Waals surface area contributed by atoms with Gasteiger partial charge in [0.2, 0.25) is 15.9 Å². The minimum Gasteiger partial charge on any atom is -0.326 e. The van der Waals surface area contributed by atoms with Crippen molar-refractivity contribution in [2.45, 2.75) is 45.1 Å². The fraction of sp³-hybridized carbons (Fsp3) is 0.381. The van der Waals surface area contributed by atoms with Gasteiger partial charge in [-0.3, -0.25) is 9.52 Å². The summed E-state index contributed by atoms with van der Waals surface area (Å²) in [6.07, 6.45) is 1.14. The number of carbonyl (C=O) groups is 1. The molecule has 168 valence electrons. The van der Waals surface area contributed by atoms with E-state index in [0.717, 1.165) is 11.1 Å². The molecule has 31 heavy (non-hydrogen) atoms. The number of hydrogen-bond donors (Lipinski definition) is 2. The molecule has 0 aliphatic carbocycles. The molecular formula is C21H27N3O5S2. The standard InChI is InChI=1S/C21H27N3O5S2/c1-4-11-30(26,27)24-10-9-17-5-6-20(13-18(17)14-24)23-31(28,29)21-8-7-19(12-15(21)2)22-16(3)25/h5-8,12-13,23H,4,9-11,14H2,1-3H3,(H,22,25). The van der Waals surface area contributed by atoms with Gasteiger partial charge in [0.1, 0.15) is 0 Å². The Morgan fingerprint density at radius 2 is 1.74 bits per heavy atom. The smallest absolute Gasteiger partial charge is 0.262 e. The third kappa shape index (κ3) is 5.44. The first-order valence-electron chi connectivity index (χ1n) is 10.0. The molecule has 0 radical (unpaired) electrons. The maximum Gasteiger partial charge on any atom is 0.262 e. The topological polar surface area (TPSA) is 113 Å². The van der Waals surface area contributed by atoms with E-state index in [-0.39, 0.29) is 23.1 Å². The van der Waals surface area contributed by atoms with Crippen LogP contribution in [0.3, 0.4) is 0 Å². The molecule has 1 amide bonds. The minimum absolute atomic E-state index is 0.0996. The summed E-state index contributed by atoms with van der Waals surface area (Å²) < 4.78 is 54.7. The lowest BCUT2D eigenvalue weighted by atomic mass is 10.0. The molecule has 2 aromatic carbocycles. The lowest BCUT2D eigenvalue weighted by Gasteiger charge is -2.28. The van der Waals surface area contributed by atoms with E-state index in [0.29, 0.717) is 36.3 Å². The first-order valence-corrected chi connectivity index (χ1v) is 13.1. The van der Waals surface area contributed by atoms with Crippen LogP contribution in [0.15, 0.2) is 41.3 Å². The number of nitrogens with one attached hydrogen (secondary N) is 2. The highest BCUT2D eigenvalue weighted by atomic mass is 32.2. The summed E-state index contributed by atoms with van der Waals surface area (Å²) in [5, 5.41) is 2.63. The summed E-state index contributed by atoms with van der Waals surface area (Å²) in [7, 11) is -7.18. The maximum absolute atomic E-state index is 12.9. The number of sulfonamides is 2. The molecule has 0 saturated heterocycles. The molecule has 1 heterocycles. The van der Waals surface area contributed by atoms with Crippen molar-refractivity contribution < 1.29 is 21.6 Å². The third-order valence-corrected chi connectivity index (χ3v) is 8.64. The van der Waals surface area contributed by atoms with Crippen LogP contribution in [-0.2, 0) is 37.8 Å². The van der Waals surface area contributed by atoms with Crippen LogP contribution >= 0.6 is 0 Å². The fourth-order valence-electron chi connectivity index (χ4n) is 3.66. The molecule has 1 aliphatic heterocycles. The van der Waals surface area contributed by atoms with E-state index in [1.807, 2.05) is 13.0 Å². The molecule has 0 unspecified atom stereocenters. The Kier molecular flexibility index (Phi) is 6.73. The Morgan fingerprint density at radius 3 is 2.39 bits per heavy atom. The van der Waals surface area contributed by atoms with Crippen LogP contribution in [0.25, 0.3) is 0 Å². The Morgan fingerprint density at radius 1 is 1.03 bits per heavy atom. The molecule has 0 spiro atoms. The number of fused-ring (bicyclic) bond motifs is 1. The van der Waals surface area contributed by atoms with Gasteiger partial charge in [0.25, 0.3) is 10.0 Å². The predicted molar refractivity (Wildman–Crippen MR) is 121 cm³/mol. The van der Waals surface area contributed by atoms with E-state index in [1.54, 1.807) is 25.1 Å². The molecular weight excluding hydrogens is 438 g/mol. The van der Waals surface area contributed by atoms with Crippen molar-refractivity contribution in [2.24, 2.45) is 0 Å². The van der Waals surface area contributed by atoms with Gasteiger partial charge < -0.3 is 5.32 Å². The molecule has 0 aromatic heterocycles. The van der Waals surface area contributed by atoms with Crippen molar-refractivity contribution in [3.8, 4) is 0 Å². The average Bonchev–Trinajstić information content (AvgIpc) is 2.66. The van der Waals surface area contributed by atoms with Gasteiger partial charge in [-0.2, -0.15) is 4.31 Å². The first-order chi connectivity index (χ1) is 14.5. The van der Waals surface area contributed by atoms with E-state index in [9.17, 15) is 21.6 Å². The van der Waals surface area contributed by atoms with Crippen LogP contribution in [-0.4, -0.2) is 39.3 Å². The Balaban J connectivity index is 1.83. The van der Waals surface area contributed by atoms with E-state index in [2.05, 4.69) is 10.0 Å². The summed E-state index contributed by atoms with van der Waals surface area (Å²) in [5.74, 6) is -0.139. The van der Waals surface area contributed by atoms with Gasteiger partial charge in [-0.05, 0) is 66.8 Å². The van der Waals surface area contributed by atoms with Gasteiger partial charge in [-0.15, -0.1) is 0 Å². The van der Waals surface area contributed by atoms with Crippen molar-refractivity contribution >= 4 is 37.3 Å². The van der Waals surface area contributed by atoms with E-state index in [4.69, 9.17) is 0 Å². The van der Waals surface area contributed by atoms with E-state index < -0.39 is 20.0 Å². The lowest BCUT2D eigenvalue weighted by molar-refractivity contribution is -0.114. The molecule has 1 aliphatic rings. The Bertz CT molecular complexity index is 1210. The van der Waals surface area contributed by atoms with Crippen LogP contribution in [0.5, 0.6) is 0 Å². The lowest BCUT2D eigenvalue weighted by Crippen LogP contribution is -2.37. The summed E-state index contributed by atoms with van der Waals surface area (Å²) in [5.41, 5.74) is 3.20. The normalized spacial score (nSPS) is 14.7. The molecule has 2 aromatic rings. The number of amides is 1. The van der Waals surface area contributed by atoms with Gasteiger partial charge >= 0.3 is 0 Å². The number of aryl methyl sites for hydroxylation is 1. The average molecular weight is 466 g/mol. The maximum atomic E-state index is 12.9. The van der Waals surface area contributed by atoms with Gasteiger partial charge in [0.05, 0.1) is 10.6 Å². The number of carbonyl (C=O) groups excluding carboxylic acids is 1. The van der Waals surface area contributed by atoms with Crippen molar-refractivity contribution in [3.63, 3.8) is 0 Å². The molecule has 2 N–H and O–H groups in total. The van der Waals surface area contributed by atoms with Crippen molar-refractivity contribution in [3.05, 3.63) is 53.1 Å². The highest BCUT2D eigenvalue weighted by molar-refractivity contribution is 7.92. The zero-order valence-electron chi connectivity index (χ0n) is 17.8. The van der Waals surface area contributed by atoms with Crippen molar-refractivity contribution in [2.75, 3.05) is 22.3 Å². The second-order valence-electron chi connectivity index (χ2n) is 7.65. The molecule has 8 nitrogen and oxygen atoms in total. The quantitative estimate of drug-likeness (QED) is 0.653. The van der Waals surface area contributed by atoms with Crippen molar-refractivity contribution in [1.82, 2.24) is 4.31 Å².